The number of methoxy groups -OCH3 is 1. The molecular weight excluding hydrogens is 540 g/mol. The lowest BCUT2D eigenvalue weighted by atomic mass is 10.1. The fraction of sp³-hybridized carbons (Fsp3) is 0.458. The zero-order valence-corrected chi connectivity index (χ0v) is 21.6. The molecule has 0 aliphatic carbocycles. The Balaban J connectivity index is 0.00000385. The first-order chi connectivity index (χ1) is 15.5. The van der Waals surface area contributed by atoms with Crippen LogP contribution in [0.3, 0.4) is 0 Å². The monoisotopic (exact) mass is 573 g/mol. The van der Waals surface area contributed by atoms with Gasteiger partial charge in [-0.25, -0.2) is 9.38 Å². The molecule has 1 saturated heterocycles. The van der Waals surface area contributed by atoms with Crippen molar-refractivity contribution in [3.63, 3.8) is 0 Å². The summed E-state index contributed by atoms with van der Waals surface area (Å²) < 4.78 is 30.4. The second kappa shape index (κ2) is 13.6. The molecule has 0 aromatic heterocycles. The number of nitrogens with zero attached hydrogens (tertiary/aromatic N) is 2. The molecule has 33 heavy (non-hydrogen) atoms. The predicted molar refractivity (Wildman–Crippen MR) is 137 cm³/mol. The van der Waals surface area contributed by atoms with Gasteiger partial charge in [0.25, 0.3) is 0 Å². The Morgan fingerprint density at radius 3 is 2.64 bits per heavy atom. The lowest BCUT2D eigenvalue weighted by Gasteiger charge is -2.38. The molecule has 2 atom stereocenters. The van der Waals surface area contributed by atoms with E-state index in [0.29, 0.717) is 31.1 Å². The third kappa shape index (κ3) is 7.72. The molecule has 1 fully saturated rings. The molecule has 0 spiro atoms. The van der Waals surface area contributed by atoms with Gasteiger partial charge in [0.15, 0.2) is 17.5 Å². The molecule has 0 amide bonds. The summed E-state index contributed by atoms with van der Waals surface area (Å²) in [5, 5.41) is 12.3. The van der Waals surface area contributed by atoms with Crippen LogP contribution in [0.25, 0.3) is 0 Å². The zero-order valence-electron chi connectivity index (χ0n) is 19.3. The van der Waals surface area contributed by atoms with Gasteiger partial charge in [0, 0.05) is 13.1 Å². The number of hydrogen-bond acceptors (Lipinski definition) is 5. The van der Waals surface area contributed by atoms with Crippen molar-refractivity contribution in [2.75, 3.05) is 40.0 Å². The van der Waals surface area contributed by atoms with Gasteiger partial charge < -0.3 is 29.5 Å². The molecule has 9 heteroatoms. The van der Waals surface area contributed by atoms with E-state index in [1.54, 1.807) is 19.2 Å². The Hall–Kier alpha value is -2.11. The number of aliphatic imine (C=N–C) groups is 1. The highest BCUT2D eigenvalue weighted by molar-refractivity contribution is 14.0. The van der Waals surface area contributed by atoms with Gasteiger partial charge in [-0.15, -0.1) is 24.0 Å². The highest BCUT2D eigenvalue weighted by Crippen LogP contribution is 2.29. The number of aliphatic hydroxyl groups excluding tert-OH is 1. The van der Waals surface area contributed by atoms with Gasteiger partial charge in [-0.05, 0) is 49.2 Å². The fourth-order valence-corrected chi connectivity index (χ4v) is 3.66. The van der Waals surface area contributed by atoms with Gasteiger partial charge in [-0.1, -0.05) is 18.2 Å². The van der Waals surface area contributed by atoms with E-state index in [2.05, 4.69) is 10.2 Å². The Labute approximate surface area is 212 Å². The van der Waals surface area contributed by atoms with Crippen molar-refractivity contribution in [1.29, 1.82) is 0 Å². The first-order valence-electron chi connectivity index (χ1n) is 10.9. The molecule has 0 bridgehead atoms. The molecule has 2 unspecified atom stereocenters. The number of aliphatic hydroxyl groups is 1. The maximum absolute atomic E-state index is 13.3. The van der Waals surface area contributed by atoms with Gasteiger partial charge in [-0.2, -0.15) is 0 Å². The van der Waals surface area contributed by atoms with Crippen molar-refractivity contribution in [3.8, 4) is 11.5 Å². The van der Waals surface area contributed by atoms with Gasteiger partial charge in [-0.3, -0.25) is 0 Å². The molecule has 3 rings (SSSR count). The molecule has 2 aromatic rings. The third-order valence-corrected chi connectivity index (χ3v) is 5.12. The highest BCUT2D eigenvalue weighted by Gasteiger charge is 2.28. The van der Waals surface area contributed by atoms with Crippen molar-refractivity contribution in [1.82, 2.24) is 10.2 Å². The summed E-state index contributed by atoms with van der Waals surface area (Å²) in [5.41, 5.74) is 1.92. The lowest BCUT2D eigenvalue weighted by Crippen LogP contribution is -2.50. The quantitative estimate of drug-likeness (QED) is 0.285. The number of rotatable bonds is 8. The number of halogens is 2. The van der Waals surface area contributed by atoms with Crippen LogP contribution in [0, 0.1) is 5.82 Å². The Kier molecular flexibility index (Phi) is 11.2. The lowest BCUT2D eigenvalue weighted by molar-refractivity contribution is -0.0605. The first-order valence-corrected chi connectivity index (χ1v) is 10.9. The van der Waals surface area contributed by atoms with Crippen LogP contribution in [-0.2, 0) is 11.3 Å². The SMILES string of the molecule is CCNC(=NCc1ccc(OCCO)c(OC)c1)N1CC(C)OC(c2ccc(F)cc2)C1.I. The van der Waals surface area contributed by atoms with Crippen molar-refractivity contribution >= 4 is 29.9 Å². The molecular formula is C24H33FIN3O4. The molecule has 7 nitrogen and oxygen atoms in total. The minimum Gasteiger partial charge on any atom is -0.493 e. The number of ether oxygens (including phenoxy) is 3. The summed E-state index contributed by atoms with van der Waals surface area (Å²) in [5.74, 6) is 1.74. The van der Waals surface area contributed by atoms with E-state index in [1.807, 2.05) is 32.0 Å². The molecule has 182 valence electrons. The van der Waals surface area contributed by atoms with Gasteiger partial charge in [0.1, 0.15) is 18.5 Å². The van der Waals surface area contributed by atoms with Crippen LogP contribution in [-0.4, -0.2) is 62.0 Å². The second-order valence-corrected chi connectivity index (χ2v) is 7.62. The topological polar surface area (TPSA) is 75.6 Å². The Bertz CT molecular complexity index is 898. The van der Waals surface area contributed by atoms with E-state index in [4.69, 9.17) is 24.3 Å². The average Bonchev–Trinajstić information content (AvgIpc) is 2.80. The molecule has 2 aromatic carbocycles. The van der Waals surface area contributed by atoms with E-state index < -0.39 is 0 Å². The maximum Gasteiger partial charge on any atom is 0.194 e. The van der Waals surface area contributed by atoms with Crippen LogP contribution in [0.5, 0.6) is 11.5 Å². The van der Waals surface area contributed by atoms with Crippen LogP contribution in [0.2, 0.25) is 0 Å². The Morgan fingerprint density at radius 1 is 1.21 bits per heavy atom. The summed E-state index contributed by atoms with van der Waals surface area (Å²) in [6.07, 6.45) is -0.156. The average molecular weight is 573 g/mol. The van der Waals surface area contributed by atoms with E-state index in [-0.39, 0.29) is 55.2 Å². The van der Waals surface area contributed by atoms with E-state index in [9.17, 15) is 4.39 Å². The second-order valence-electron chi connectivity index (χ2n) is 7.62. The number of hydrogen-bond donors (Lipinski definition) is 2. The van der Waals surface area contributed by atoms with Crippen molar-refractivity contribution in [3.05, 3.63) is 59.4 Å². The Morgan fingerprint density at radius 2 is 1.97 bits per heavy atom. The van der Waals surface area contributed by atoms with Crippen LogP contribution in [0.1, 0.15) is 31.1 Å². The molecule has 1 aliphatic heterocycles. The van der Waals surface area contributed by atoms with Crippen LogP contribution >= 0.6 is 24.0 Å². The van der Waals surface area contributed by atoms with Crippen molar-refractivity contribution in [2.45, 2.75) is 32.6 Å². The van der Waals surface area contributed by atoms with Crippen LogP contribution < -0.4 is 14.8 Å². The van der Waals surface area contributed by atoms with Gasteiger partial charge in [0.05, 0.1) is 32.9 Å². The normalized spacial score (nSPS) is 18.5. The number of guanidine groups is 1. The molecule has 2 N–H and O–H groups in total. The number of nitrogens with one attached hydrogen (secondary N) is 1. The summed E-state index contributed by atoms with van der Waals surface area (Å²) in [6, 6.07) is 12.1. The zero-order chi connectivity index (χ0) is 22.9. The molecule has 1 heterocycles. The van der Waals surface area contributed by atoms with Gasteiger partial charge in [0.2, 0.25) is 0 Å². The summed E-state index contributed by atoms with van der Waals surface area (Å²) in [7, 11) is 1.59. The standard InChI is InChI=1S/C24H32FN3O4.HI/c1-4-26-24(27-14-18-5-10-21(31-12-11-29)22(13-18)30-3)28-15-17(2)32-23(16-28)19-6-8-20(25)9-7-19;/h5-10,13,17,23,29H,4,11-12,14-16H2,1-3H3,(H,26,27);1H. The van der Waals surface area contributed by atoms with Gasteiger partial charge >= 0.3 is 0 Å². The first kappa shape index (κ1) is 27.1. The number of morpholine rings is 1. The van der Waals surface area contributed by atoms with E-state index in [1.165, 1.54) is 12.1 Å². The summed E-state index contributed by atoms with van der Waals surface area (Å²) >= 11 is 0. The van der Waals surface area contributed by atoms with Crippen molar-refractivity contribution < 1.29 is 23.7 Å². The third-order valence-electron chi connectivity index (χ3n) is 5.12. The fourth-order valence-electron chi connectivity index (χ4n) is 3.66. The molecule has 1 aliphatic rings. The molecule has 0 radical (unpaired) electrons. The smallest absolute Gasteiger partial charge is 0.194 e. The van der Waals surface area contributed by atoms with Crippen LogP contribution in [0.4, 0.5) is 4.39 Å². The number of benzene rings is 2. The van der Waals surface area contributed by atoms with E-state index >= 15 is 0 Å². The maximum atomic E-state index is 13.3. The van der Waals surface area contributed by atoms with E-state index in [0.717, 1.165) is 23.6 Å². The predicted octanol–water partition coefficient (Wildman–Crippen LogP) is 3.75. The van der Waals surface area contributed by atoms with Crippen LogP contribution in [0.15, 0.2) is 47.5 Å². The highest BCUT2D eigenvalue weighted by atomic mass is 127. The molecule has 0 saturated carbocycles. The van der Waals surface area contributed by atoms with Crippen molar-refractivity contribution in [2.24, 2.45) is 4.99 Å². The minimum atomic E-state index is -0.257. The summed E-state index contributed by atoms with van der Waals surface area (Å²) in [6.45, 7) is 6.76. The minimum absolute atomic E-state index is 0. The summed E-state index contributed by atoms with van der Waals surface area (Å²) in [4.78, 5) is 7.01. The largest absolute Gasteiger partial charge is 0.493 e.